The summed E-state index contributed by atoms with van der Waals surface area (Å²) >= 11 is 18.3. The monoisotopic (exact) mass is 670 g/mol. The van der Waals surface area contributed by atoms with Gasteiger partial charge in [0.15, 0.2) is 0 Å². The van der Waals surface area contributed by atoms with Crippen LogP contribution in [0.5, 0.6) is 0 Å². The minimum Gasteiger partial charge on any atom is -0.465 e. The smallest absolute Gasteiger partial charge is 0.340 e. The van der Waals surface area contributed by atoms with Crippen LogP contribution in [0.2, 0.25) is 15.1 Å². The highest BCUT2D eigenvalue weighted by Crippen LogP contribution is 2.36. The number of furan rings is 1. The Morgan fingerprint density at radius 2 is 1.64 bits per heavy atom. The maximum absolute atomic E-state index is 13.8. The number of carbonyl (C=O) groups excluding carboxylic acids is 2. The lowest BCUT2D eigenvalue weighted by molar-refractivity contribution is -0.136. The van der Waals surface area contributed by atoms with Crippen LogP contribution in [0, 0.1) is 0 Å². The van der Waals surface area contributed by atoms with Crippen LogP contribution in [0.3, 0.4) is 0 Å². The number of hydrogen-bond donors (Lipinski definition) is 0. The standard InChI is InChI=1S/C32H25Cl3N2O6S/c1-20-30(32(39)42-2)27(31(38)37(20)23-6-4-3-5-7-23)17-24-11-12-25(43-24)19-36(18-21-8-15-28(34)29(35)16-21)44(40,41)26-13-9-22(33)10-14-26/h3-17H,18-19H2,1-2H3/b27-17+. The number of methoxy groups -OCH3 is 1. The van der Waals surface area contributed by atoms with Crippen molar-refractivity contribution in [2.45, 2.75) is 24.9 Å². The van der Waals surface area contributed by atoms with Gasteiger partial charge in [0.25, 0.3) is 5.91 Å². The number of halogens is 3. The van der Waals surface area contributed by atoms with E-state index in [4.69, 9.17) is 44.0 Å². The summed E-state index contributed by atoms with van der Waals surface area (Å²) in [4.78, 5) is 27.8. The van der Waals surface area contributed by atoms with Crippen molar-refractivity contribution in [3.8, 4) is 0 Å². The number of hydrogen-bond acceptors (Lipinski definition) is 6. The Morgan fingerprint density at radius 1 is 0.932 bits per heavy atom. The Morgan fingerprint density at radius 3 is 2.30 bits per heavy atom. The zero-order valence-corrected chi connectivity index (χ0v) is 26.5. The number of nitrogens with zero attached hydrogens (tertiary/aromatic N) is 2. The van der Waals surface area contributed by atoms with Crippen molar-refractivity contribution >= 4 is 68.5 Å². The SMILES string of the molecule is COC(=O)C1=C(C)N(c2ccccc2)C(=O)/C1=C/c1ccc(CN(Cc2ccc(Cl)c(Cl)c2)S(=O)(=O)c2ccc(Cl)cc2)o1. The average molecular weight is 672 g/mol. The molecule has 0 bridgehead atoms. The van der Waals surface area contributed by atoms with Gasteiger partial charge in [0.05, 0.1) is 39.7 Å². The number of carbonyl (C=O) groups is 2. The fourth-order valence-electron chi connectivity index (χ4n) is 4.76. The van der Waals surface area contributed by atoms with E-state index in [1.54, 1.807) is 61.5 Å². The van der Waals surface area contributed by atoms with Gasteiger partial charge in [-0.15, -0.1) is 0 Å². The number of ether oxygens (including phenoxy) is 1. The normalized spacial score (nSPS) is 14.6. The molecule has 0 aliphatic carbocycles. The lowest BCUT2D eigenvalue weighted by Gasteiger charge is -2.22. The lowest BCUT2D eigenvalue weighted by Crippen LogP contribution is -2.30. The van der Waals surface area contributed by atoms with Gasteiger partial charge in [-0.1, -0.05) is 59.1 Å². The summed E-state index contributed by atoms with van der Waals surface area (Å²) < 4.78 is 39.7. The van der Waals surface area contributed by atoms with Crippen LogP contribution in [-0.2, 0) is 37.4 Å². The lowest BCUT2D eigenvalue weighted by atomic mass is 10.1. The molecule has 0 N–H and O–H groups in total. The summed E-state index contributed by atoms with van der Waals surface area (Å²) in [5.74, 6) is -0.571. The predicted molar refractivity (Wildman–Crippen MR) is 170 cm³/mol. The van der Waals surface area contributed by atoms with Gasteiger partial charge in [0.2, 0.25) is 10.0 Å². The number of amides is 1. The Kier molecular flexibility index (Phi) is 9.34. The van der Waals surface area contributed by atoms with E-state index in [2.05, 4.69) is 0 Å². The molecular weight excluding hydrogens is 647 g/mol. The second kappa shape index (κ2) is 13.0. The fourth-order valence-corrected chi connectivity index (χ4v) is 6.61. The molecule has 1 aliphatic rings. The van der Waals surface area contributed by atoms with Crippen molar-refractivity contribution in [1.82, 2.24) is 4.31 Å². The fraction of sp³-hybridized carbons (Fsp3) is 0.125. The molecule has 1 amide bonds. The van der Waals surface area contributed by atoms with Gasteiger partial charge in [-0.05, 0) is 79.2 Å². The molecule has 0 fully saturated rings. The summed E-state index contributed by atoms with van der Waals surface area (Å²) in [7, 11) is -2.79. The third kappa shape index (κ3) is 6.47. The molecule has 3 aromatic carbocycles. The Labute approximate surface area is 269 Å². The largest absolute Gasteiger partial charge is 0.465 e. The van der Waals surface area contributed by atoms with Crippen molar-refractivity contribution in [3.05, 3.63) is 134 Å². The van der Waals surface area contributed by atoms with Crippen LogP contribution in [0.1, 0.15) is 24.0 Å². The summed E-state index contributed by atoms with van der Waals surface area (Å²) in [5, 5.41) is 1.02. The number of rotatable bonds is 9. The van der Waals surface area contributed by atoms with Gasteiger partial charge in [-0.2, -0.15) is 4.31 Å². The van der Waals surface area contributed by atoms with Gasteiger partial charge in [0.1, 0.15) is 11.5 Å². The van der Waals surface area contributed by atoms with E-state index in [9.17, 15) is 18.0 Å². The number of para-hydroxylation sites is 1. The summed E-state index contributed by atoms with van der Waals surface area (Å²) in [6.07, 6.45) is 1.45. The van der Waals surface area contributed by atoms with Crippen LogP contribution in [0.4, 0.5) is 5.69 Å². The van der Waals surface area contributed by atoms with Crippen LogP contribution in [-0.4, -0.2) is 31.7 Å². The first-order chi connectivity index (χ1) is 21.0. The third-order valence-corrected chi connectivity index (χ3v) is 9.70. The maximum Gasteiger partial charge on any atom is 0.340 e. The Bertz CT molecular complexity index is 1900. The van der Waals surface area contributed by atoms with E-state index in [1.165, 1.54) is 46.7 Å². The van der Waals surface area contributed by atoms with Crippen molar-refractivity contribution in [3.63, 3.8) is 0 Å². The van der Waals surface area contributed by atoms with E-state index in [0.717, 1.165) is 0 Å². The molecule has 8 nitrogen and oxygen atoms in total. The highest BCUT2D eigenvalue weighted by molar-refractivity contribution is 7.89. The van der Waals surface area contributed by atoms with Crippen molar-refractivity contribution in [1.29, 1.82) is 0 Å². The van der Waals surface area contributed by atoms with E-state index in [0.29, 0.717) is 32.8 Å². The first-order valence-electron chi connectivity index (χ1n) is 13.2. The van der Waals surface area contributed by atoms with Crippen LogP contribution in [0.15, 0.2) is 111 Å². The molecule has 1 aromatic heterocycles. The van der Waals surface area contributed by atoms with Crippen LogP contribution in [0.25, 0.3) is 6.08 Å². The minimum atomic E-state index is -4.03. The number of anilines is 1. The summed E-state index contributed by atoms with van der Waals surface area (Å²) in [6.45, 7) is 1.46. The molecule has 1 aliphatic heterocycles. The molecule has 0 radical (unpaired) electrons. The molecule has 0 atom stereocenters. The molecular formula is C32H25Cl3N2O6S. The topological polar surface area (TPSA) is 97.1 Å². The summed E-state index contributed by atoms with van der Waals surface area (Å²) in [6, 6.07) is 22.8. The van der Waals surface area contributed by atoms with Crippen molar-refractivity contribution < 1.29 is 27.2 Å². The van der Waals surface area contributed by atoms with Crippen LogP contribution >= 0.6 is 34.8 Å². The van der Waals surface area contributed by atoms with E-state index in [-0.39, 0.29) is 39.9 Å². The molecule has 226 valence electrons. The minimum absolute atomic E-state index is 0.0387. The second-order valence-corrected chi connectivity index (χ2v) is 13.0. The Balaban J connectivity index is 1.49. The molecule has 0 spiro atoms. The first-order valence-corrected chi connectivity index (χ1v) is 15.8. The molecule has 12 heteroatoms. The molecule has 2 heterocycles. The van der Waals surface area contributed by atoms with Crippen LogP contribution < -0.4 is 4.90 Å². The predicted octanol–water partition coefficient (Wildman–Crippen LogP) is 7.51. The first kappa shape index (κ1) is 31.6. The van der Waals surface area contributed by atoms with Gasteiger partial charge in [-0.3, -0.25) is 9.69 Å². The highest BCUT2D eigenvalue weighted by atomic mass is 35.5. The molecule has 4 aromatic rings. The van der Waals surface area contributed by atoms with Gasteiger partial charge < -0.3 is 9.15 Å². The maximum atomic E-state index is 13.8. The zero-order valence-electron chi connectivity index (χ0n) is 23.5. The van der Waals surface area contributed by atoms with Crippen molar-refractivity contribution in [2.75, 3.05) is 12.0 Å². The quantitative estimate of drug-likeness (QED) is 0.135. The second-order valence-electron chi connectivity index (χ2n) is 9.77. The number of benzene rings is 3. The zero-order chi connectivity index (χ0) is 31.6. The highest BCUT2D eigenvalue weighted by Gasteiger charge is 2.38. The van der Waals surface area contributed by atoms with Gasteiger partial charge in [-0.25, -0.2) is 13.2 Å². The van der Waals surface area contributed by atoms with E-state index in [1.807, 2.05) is 6.07 Å². The Hall–Kier alpha value is -3.86. The van der Waals surface area contributed by atoms with E-state index >= 15 is 0 Å². The average Bonchev–Trinajstić information content (AvgIpc) is 3.55. The van der Waals surface area contributed by atoms with E-state index < -0.39 is 21.9 Å². The number of sulfonamides is 1. The molecule has 5 rings (SSSR count). The molecule has 0 saturated carbocycles. The van der Waals surface area contributed by atoms with Crippen molar-refractivity contribution in [2.24, 2.45) is 0 Å². The van der Waals surface area contributed by atoms with Gasteiger partial charge >= 0.3 is 5.97 Å². The molecule has 0 unspecified atom stereocenters. The molecule has 44 heavy (non-hydrogen) atoms. The number of allylic oxidation sites excluding steroid dienone is 1. The number of esters is 1. The summed E-state index contributed by atoms with van der Waals surface area (Å²) in [5.41, 5.74) is 1.79. The third-order valence-electron chi connectivity index (χ3n) is 6.90. The van der Waals surface area contributed by atoms with Gasteiger partial charge in [0, 0.05) is 23.0 Å². The molecule has 0 saturated heterocycles.